The van der Waals surface area contributed by atoms with Crippen LogP contribution in [-0.2, 0) is 11.3 Å². The van der Waals surface area contributed by atoms with Gasteiger partial charge in [0.2, 0.25) is 5.91 Å². The van der Waals surface area contributed by atoms with Gasteiger partial charge in [0.15, 0.2) is 5.65 Å². The number of rotatable bonds is 6. The first-order valence-corrected chi connectivity index (χ1v) is 12.0. The van der Waals surface area contributed by atoms with Crippen LogP contribution in [0.25, 0.3) is 33.7 Å². The summed E-state index contributed by atoms with van der Waals surface area (Å²) >= 11 is 0. The van der Waals surface area contributed by atoms with Gasteiger partial charge in [-0.15, -0.1) is 0 Å². The molecule has 0 radical (unpaired) electrons. The van der Waals surface area contributed by atoms with Gasteiger partial charge < -0.3 is 14.2 Å². The van der Waals surface area contributed by atoms with Gasteiger partial charge in [-0.1, -0.05) is 36.4 Å². The number of ether oxygens (including phenoxy) is 1. The number of benzene rings is 2. The first kappa shape index (κ1) is 20.9. The van der Waals surface area contributed by atoms with Gasteiger partial charge in [0.05, 0.1) is 12.6 Å². The molecule has 1 aliphatic heterocycles. The van der Waals surface area contributed by atoms with Crippen LogP contribution in [0.15, 0.2) is 66.9 Å². The van der Waals surface area contributed by atoms with Gasteiger partial charge in [0.25, 0.3) is 0 Å². The molecule has 6 nitrogen and oxygen atoms in total. The minimum atomic E-state index is 0.289. The van der Waals surface area contributed by atoms with Gasteiger partial charge in [-0.25, -0.2) is 9.97 Å². The molecule has 0 N–H and O–H groups in total. The maximum absolute atomic E-state index is 12.5. The topological polar surface area (TPSA) is 60.3 Å². The normalized spacial score (nSPS) is 17.9. The summed E-state index contributed by atoms with van der Waals surface area (Å²) in [4.78, 5) is 24.0. The number of imidazole rings is 1. The minimum absolute atomic E-state index is 0.289. The van der Waals surface area contributed by atoms with E-state index < -0.39 is 0 Å². The number of pyridine rings is 1. The number of likely N-dealkylation sites (tertiary alicyclic amines) is 1. The predicted octanol–water partition coefficient (Wildman–Crippen LogP) is 5.03. The first-order chi connectivity index (χ1) is 16.7. The summed E-state index contributed by atoms with van der Waals surface area (Å²) in [6.07, 6.45) is 4.96. The van der Waals surface area contributed by atoms with Crippen LogP contribution < -0.4 is 4.74 Å². The first-order valence-electron chi connectivity index (χ1n) is 12.0. The van der Waals surface area contributed by atoms with E-state index in [1.807, 2.05) is 18.2 Å². The lowest BCUT2D eigenvalue weighted by Gasteiger charge is -2.17. The lowest BCUT2D eigenvalue weighted by molar-refractivity contribution is -0.131. The van der Waals surface area contributed by atoms with Crippen molar-refractivity contribution >= 4 is 17.1 Å². The Morgan fingerprint density at radius 3 is 2.38 bits per heavy atom. The van der Waals surface area contributed by atoms with Crippen molar-refractivity contribution in [3.63, 3.8) is 0 Å². The SMILES string of the molecule is COc1ccc(-c2ccc(-c3nc4ncccc4n3C[C@H]3CCN(C(=O)C4CC4)C3)cc2)cc1. The minimum Gasteiger partial charge on any atom is -0.497 e. The van der Waals surface area contributed by atoms with Crippen molar-refractivity contribution in [1.82, 2.24) is 19.4 Å². The summed E-state index contributed by atoms with van der Waals surface area (Å²) < 4.78 is 7.57. The van der Waals surface area contributed by atoms with E-state index in [4.69, 9.17) is 9.72 Å². The molecule has 0 bridgehead atoms. The third-order valence-corrected chi connectivity index (χ3v) is 7.06. The Morgan fingerprint density at radius 2 is 1.68 bits per heavy atom. The second kappa shape index (κ2) is 8.60. The smallest absolute Gasteiger partial charge is 0.225 e. The monoisotopic (exact) mass is 452 g/mol. The van der Waals surface area contributed by atoms with Crippen molar-refractivity contribution < 1.29 is 9.53 Å². The molecular formula is C28H28N4O2. The lowest BCUT2D eigenvalue weighted by atomic mass is 10.0. The largest absolute Gasteiger partial charge is 0.497 e. The molecule has 6 heteroatoms. The van der Waals surface area contributed by atoms with Crippen molar-refractivity contribution in [2.75, 3.05) is 20.2 Å². The highest BCUT2D eigenvalue weighted by Crippen LogP contribution is 2.34. The molecule has 172 valence electrons. The van der Waals surface area contributed by atoms with Crippen LogP contribution in [0.5, 0.6) is 5.75 Å². The fourth-order valence-electron chi connectivity index (χ4n) is 4.99. The molecule has 1 aliphatic carbocycles. The Morgan fingerprint density at radius 1 is 0.971 bits per heavy atom. The van der Waals surface area contributed by atoms with E-state index in [2.05, 4.69) is 56.9 Å². The van der Waals surface area contributed by atoms with Crippen molar-refractivity contribution in [3.05, 3.63) is 66.9 Å². The van der Waals surface area contributed by atoms with Crippen LogP contribution >= 0.6 is 0 Å². The van der Waals surface area contributed by atoms with E-state index >= 15 is 0 Å². The molecule has 0 spiro atoms. The van der Waals surface area contributed by atoms with Crippen LogP contribution in [0.4, 0.5) is 0 Å². The number of carbonyl (C=O) groups is 1. The molecule has 4 aromatic rings. The Labute approximate surface area is 199 Å². The second-order valence-corrected chi connectivity index (χ2v) is 9.41. The summed E-state index contributed by atoms with van der Waals surface area (Å²) in [5.74, 6) is 2.86. The number of methoxy groups -OCH3 is 1. The Kier molecular flexibility index (Phi) is 5.28. The van der Waals surface area contributed by atoms with Crippen LogP contribution in [-0.4, -0.2) is 45.5 Å². The average molecular weight is 453 g/mol. The summed E-state index contributed by atoms with van der Waals surface area (Å²) in [5, 5.41) is 0. The molecule has 1 amide bonds. The van der Waals surface area contributed by atoms with E-state index in [-0.39, 0.29) is 5.92 Å². The molecule has 2 fully saturated rings. The van der Waals surface area contributed by atoms with Crippen LogP contribution in [0.3, 0.4) is 0 Å². The molecule has 1 saturated heterocycles. The summed E-state index contributed by atoms with van der Waals surface area (Å²) in [7, 11) is 1.68. The second-order valence-electron chi connectivity index (χ2n) is 9.41. The number of amides is 1. The molecule has 1 atom stereocenters. The highest BCUT2D eigenvalue weighted by Gasteiger charge is 2.36. The van der Waals surface area contributed by atoms with E-state index in [0.717, 1.165) is 78.3 Å². The fourth-order valence-corrected chi connectivity index (χ4v) is 4.99. The Balaban J connectivity index is 1.28. The van der Waals surface area contributed by atoms with Gasteiger partial charge in [-0.05, 0) is 60.6 Å². The van der Waals surface area contributed by atoms with Crippen LogP contribution in [0, 0.1) is 11.8 Å². The van der Waals surface area contributed by atoms with Crippen molar-refractivity contribution in [1.29, 1.82) is 0 Å². The average Bonchev–Trinajstić information content (AvgIpc) is 3.53. The third-order valence-electron chi connectivity index (χ3n) is 7.06. The molecular weight excluding hydrogens is 424 g/mol. The molecule has 2 aromatic carbocycles. The highest BCUT2D eigenvalue weighted by molar-refractivity contribution is 5.81. The zero-order valence-electron chi connectivity index (χ0n) is 19.4. The van der Waals surface area contributed by atoms with Gasteiger partial charge >= 0.3 is 0 Å². The molecule has 3 heterocycles. The summed E-state index contributed by atoms with van der Waals surface area (Å²) in [6.45, 7) is 2.55. The van der Waals surface area contributed by atoms with E-state index in [1.54, 1.807) is 13.3 Å². The number of carbonyl (C=O) groups excluding carboxylic acids is 1. The van der Waals surface area contributed by atoms with Crippen LogP contribution in [0.1, 0.15) is 19.3 Å². The zero-order valence-corrected chi connectivity index (χ0v) is 19.4. The molecule has 0 unspecified atom stereocenters. The molecule has 6 rings (SSSR count). The van der Waals surface area contributed by atoms with Gasteiger partial charge in [0.1, 0.15) is 11.6 Å². The lowest BCUT2D eigenvalue weighted by Crippen LogP contribution is -2.30. The van der Waals surface area contributed by atoms with E-state index in [9.17, 15) is 4.79 Å². The molecule has 34 heavy (non-hydrogen) atoms. The number of hydrogen-bond donors (Lipinski definition) is 0. The molecule has 2 aliphatic rings. The molecule has 2 aromatic heterocycles. The Bertz CT molecular complexity index is 1320. The van der Waals surface area contributed by atoms with E-state index in [1.165, 1.54) is 0 Å². The third kappa shape index (κ3) is 3.94. The number of hydrogen-bond acceptors (Lipinski definition) is 4. The number of nitrogens with zero attached hydrogens (tertiary/aromatic N) is 4. The Hall–Kier alpha value is -3.67. The maximum atomic E-state index is 12.5. The maximum Gasteiger partial charge on any atom is 0.225 e. The van der Waals surface area contributed by atoms with Gasteiger partial charge in [-0.2, -0.15) is 0 Å². The zero-order chi connectivity index (χ0) is 23.1. The fraction of sp³-hybridized carbons (Fsp3) is 0.321. The highest BCUT2D eigenvalue weighted by atomic mass is 16.5. The van der Waals surface area contributed by atoms with E-state index in [0.29, 0.717) is 11.8 Å². The standard InChI is InChI=1S/C28H28N4O2/c1-34-24-12-10-21(11-13-24)20-4-6-22(7-5-20)27-30-26-25(3-2-15-29-26)32(27)18-19-14-16-31(17-19)28(33)23-8-9-23/h2-7,10-13,15,19,23H,8-9,14,16-18H2,1H3/t19-/m0/s1. The van der Waals surface area contributed by atoms with Gasteiger partial charge in [-0.3, -0.25) is 4.79 Å². The van der Waals surface area contributed by atoms with Crippen molar-refractivity contribution in [2.45, 2.75) is 25.8 Å². The summed E-state index contributed by atoms with van der Waals surface area (Å²) in [6, 6.07) is 20.7. The number of aromatic nitrogens is 3. The van der Waals surface area contributed by atoms with Crippen molar-refractivity contribution in [3.8, 4) is 28.3 Å². The van der Waals surface area contributed by atoms with Crippen LogP contribution in [0.2, 0.25) is 0 Å². The predicted molar refractivity (Wildman–Crippen MR) is 132 cm³/mol. The quantitative estimate of drug-likeness (QED) is 0.412. The van der Waals surface area contributed by atoms with Crippen molar-refractivity contribution in [2.24, 2.45) is 11.8 Å². The number of fused-ring (bicyclic) bond motifs is 1. The summed E-state index contributed by atoms with van der Waals surface area (Å²) in [5.41, 5.74) is 5.18. The molecule has 1 saturated carbocycles. The van der Waals surface area contributed by atoms with Gasteiger partial charge in [0, 0.05) is 37.3 Å².